The van der Waals surface area contributed by atoms with Crippen molar-refractivity contribution in [3.63, 3.8) is 0 Å². The van der Waals surface area contributed by atoms with E-state index in [1.807, 2.05) is 6.33 Å². The minimum Gasteiger partial charge on any atom is -0.348 e. The molecule has 2 heteroatoms. The standard InChI is InChI=1S/C40H78N2/c1-3-5-7-9-11-13-15-17-19-20-21-23-25-27-29-31-33-35-37-40-39(41-38-42-40)36-34-32-30-28-26-24-22-18-16-14-12-10-8-6-4-2/h38H,3-37H2,1-2H3,(H,41,42). The van der Waals surface area contributed by atoms with Crippen LogP contribution in [0.1, 0.15) is 237 Å². The van der Waals surface area contributed by atoms with E-state index in [0.717, 1.165) is 0 Å². The molecule has 0 aliphatic rings. The number of hydrogen-bond donors (Lipinski definition) is 1. The van der Waals surface area contributed by atoms with E-state index in [-0.39, 0.29) is 0 Å². The maximum Gasteiger partial charge on any atom is 0.0925 e. The van der Waals surface area contributed by atoms with Gasteiger partial charge in [-0.2, -0.15) is 0 Å². The number of unbranched alkanes of at least 4 members (excludes halogenated alkanes) is 31. The lowest BCUT2D eigenvalue weighted by Crippen LogP contribution is -1.95. The van der Waals surface area contributed by atoms with Crippen LogP contribution in [0.5, 0.6) is 0 Å². The maximum absolute atomic E-state index is 4.66. The molecule has 0 aliphatic heterocycles. The average molecular weight is 587 g/mol. The van der Waals surface area contributed by atoms with E-state index in [2.05, 4.69) is 23.8 Å². The summed E-state index contributed by atoms with van der Waals surface area (Å²) in [5.74, 6) is 0. The first-order valence-corrected chi connectivity index (χ1v) is 19.9. The van der Waals surface area contributed by atoms with Gasteiger partial charge in [0.1, 0.15) is 0 Å². The molecule has 248 valence electrons. The fourth-order valence-electron chi connectivity index (χ4n) is 6.65. The number of H-pyrrole nitrogens is 1. The molecule has 1 heterocycles. The first-order valence-electron chi connectivity index (χ1n) is 19.9. The van der Waals surface area contributed by atoms with E-state index in [1.54, 1.807) is 0 Å². The van der Waals surface area contributed by atoms with E-state index in [4.69, 9.17) is 0 Å². The Bertz CT molecular complexity index is 621. The predicted molar refractivity (Wildman–Crippen MR) is 190 cm³/mol. The molecule has 0 aromatic carbocycles. The number of rotatable bonds is 35. The van der Waals surface area contributed by atoms with Gasteiger partial charge in [-0.25, -0.2) is 4.98 Å². The van der Waals surface area contributed by atoms with Crippen LogP contribution >= 0.6 is 0 Å². The Morgan fingerprint density at radius 3 is 0.929 bits per heavy atom. The van der Waals surface area contributed by atoms with E-state index >= 15 is 0 Å². The lowest BCUT2D eigenvalue weighted by atomic mass is 10.0. The van der Waals surface area contributed by atoms with Gasteiger partial charge >= 0.3 is 0 Å². The van der Waals surface area contributed by atoms with Gasteiger partial charge in [0.05, 0.1) is 12.0 Å². The number of imidazole rings is 1. The van der Waals surface area contributed by atoms with Crippen molar-refractivity contribution in [2.75, 3.05) is 0 Å². The topological polar surface area (TPSA) is 28.7 Å². The Labute approximate surface area is 265 Å². The highest BCUT2D eigenvalue weighted by molar-refractivity contribution is 5.11. The van der Waals surface area contributed by atoms with Crippen molar-refractivity contribution in [3.8, 4) is 0 Å². The van der Waals surface area contributed by atoms with Gasteiger partial charge in [-0.3, -0.25) is 0 Å². The summed E-state index contributed by atoms with van der Waals surface area (Å²) in [6, 6.07) is 0. The van der Waals surface area contributed by atoms with Crippen LogP contribution < -0.4 is 0 Å². The number of hydrogen-bond acceptors (Lipinski definition) is 1. The quantitative estimate of drug-likeness (QED) is 0.0787. The predicted octanol–water partition coefficient (Wildman–Crippen LogP) is 14.4. The summed E-state index contributed by atoms with van der Waals surface area (Å²) in [5.41, 5.74) is 2.79. The molecule has 0 saturated heterocycles. The highest BCUT2D eigenvalue weighted by atomic mass is 14.9. The van der Waals surface area contributed by atoms with Crippen LogP contribution in [-0.4, -0.2) is 9.97 Å². The summed E-state index contributed by atoms with van der Waals surface area (Å²) in [6.45, 7) is 4.61. The highest BCUT2D eigenvalue weighted by Gasteiger charge is 2.05. The molecule has 0 unspecified atom stereocenters. The number of nitrogens with zero attached hydrogens (tertiary/aromatic N) is 1. The van der Waals surface area contributed by atoms with Gasteiger partial charge in [-0.15, -0.1) is 0 Å². The lowest BCUT2D eigenvalue weighted by Gasteiger charge is -2.05. The third-order valence-corrected chi connectivity index (χ3v) is 9.60. The van der Waals surface area contributed by atoms with Crippen molar-refractivity contribution in [1.29, 1.82) is 0 Å². The minimum atomic E-state index is 1.18. The zero-order chi connectivity index (χ0) is 30.0. The fourth-order valence-corrected chi connectivity index (χ4v) is 6.65. The van der Waals surface area contributed by atoms with Crippen LogP contribution in [0.4, 0.5) is 0 Å². The van der Waals surface area contributed by atoms with Gasteiger partial charge in [0, 0.05) is 5.69 Å². The van der Waals surface area contributed by atoms with Gasteiger partial charge in [0.15, 0.2) is 0 Å². The second kappa shape index (κ2) is 33.1. The van der Waals surface area contributed by atoms with Crippen LogP contribution in [0.15, 0.2) is 6.33 Å². The SMILES string of the molecule is CCCCCCCCCCCCCCCCCCCCc1nc[nH]c1CCCCCCCCCCCCCCCCC. The fraction of sp³-hybridized carbons (Fsp3) is 0.925. The van der Waals surface area contributed by atoms with Gasteiger partial charge in [-0.05, 0) is 25.7 Å². The zero-order valence-electron chi connectivity index (χ0n) is 29.3. The van der Waals surface area contributed by atoms with Gasteiger partial charge in [0.25, 0.3) is 0 Å². The summed E-state index contributed by atoms with van der Waals surface area (Å²) < 4.78 is 0. The molecular weight excluding hydrogens is 508 g/mol. The number of aromatic nitrogens is 2. The summed E-state index contributed by atoms with van der Waals surface area (Å²) >= 11 is 0. The maximum atomic E-state index is 4.66. The molecular formula is C40H78N2. The van der Waals surface area contributed by atoms with Crippen LogP contribution in [0.3, 0.4) is 0 Å². The van der Waals surface area contributed by atoms with Crippen molar-refractivity contribution in [1.82, 2.24) is 9.97 Å². The van der Waals surface area contributed by atoms with E-state index < -0.39 is 0 Å². The Morgan fingerprint density at radius 1 is 0.357 bits per heavy atom. The first-order chi connectivity index (χ1) is 20.9. The Hall–Kier alpha value is -0.790. The van der Waals surface area contributed by atoms with Gasteiger partial charge < -0.3 is 4.98 Å². The monoisotopic (exact) mass is 587 g/mol. The van der Waals surface area contributed by atoms with Crippen LogP contribution in [0.25, 0.3) is 0 Å². The van der Waals surface area contributed by atoms with Crippen molar-refractivity contribution in [2.45, 2.75) is 239 Å². The smallest absolute Gasteiger partial charge is 0.0925 e. The van der Waals surface area contributed by atoms with Gasteiger partial charge in [-0.1, -0.05) is 213 Å². The molecule has 2 nitrogen and oxygen atoms in total. The average Bonchev–Trinajstić information content (AvgIpc) is 3.45. The summed E-state index contributed by atoms with van der Waals surface area (Å²) in [7, 11) is 0. The second-order valence-electron chi connectivity index (χ2n) is 13.8. The third-order valence-electron chi connectivity index (χ3n) is 9.60. The summed E-state index contributed by atoms with van der Waals surface area (Å²) in [5, 5.41) is 0. The van der Waals surface area contributed by atoms with E-state index in [9.17, 15) is 0 Å². The van der Waals surface area contributed by atoms with Crippen LogP contribution in [0.2, 0.25) is 0 Å². The Balaban J connectivity index is 1.81. The molecule has 0 spiro atoms. The Morgan fingerprint density at radius 2 is 0.619 bits per heavy atom. The Kier molecular flexibility index (Phi) is 30.9. The molecule has 0 amide bonds. The largest absolute Gasteiger partial charge is 0.348 e. The molecule has 0 atom stereocenters. The highest BCUT2D eigenvalue weighted by Crippen LogP contribution is 2.17. The molecule has 0 aliphatic carbocycles. The number of aryl methyl sites for hydroxylation is 2. The van der Waals surface area contributed by atoms with Gasteiger partial charge in [0.2, 0.25) is 0 Å². The third kappa shape index (κ3) is 26.8. The molecule has 1 aromatic rings. The van der Waals surface area contributed by atoms with Crippen LogP contribution in [0, 0.1) is 0 Å². The van der Waals surface area contributed by atoms with Crippen LogP contribution in [-0.2, 0) is 12.8 Å². The molecule has 0 fully saturated rings. The molecule has 1 aromatic heterocycles. The first kappa shape index (κ1) is 39.2. The molecule has 42 heavy (non-hydrogen) atoms. The molecule has 0 bridgehead atoms. The minimum absolute atomic E-state index is 1.18. The summed E-state index contributed by atoms with van der Waals surface area (Å²) in [6.07, 6.45) is 51.8. The lowest BCUT2D eigenvalue weighted by molar-refractivity contribution is 0.524. The van der Waals surface area contributed by atoms with Crippen molar-refractivity contribution >= 4 is 0 Å². The zero-order valence-corrected chi connectivity index (χ0v) is 29.3. The molecule has 1 N–H and O–H groups in total. The molecule has 0 saturated carbocycles. The van der Waals surface area contributed by atoms with Crippen molar-refractivity contribution in [2.24, 2.45) is 0 Å². The van der Waals surface area contributed by atoms with Crippen molar-refractivity contribution in [3.05, 3.63) is 17.7 Å². The summed E-state index contributed by atoms with van der Waals surface area (Å²) in [4.78, 5) is 8.12. The molecule has 0 radical (unpaired) electrons. The molecule has 1 rings (SSSR count). The number of nitrogens with one attached hydrogen (secondary N) is 1. The van der Waals surface area contributed by atoms with E-state index in [1.165, 1.54) is 236 Å². The van der Waals surface area contributed by atoms with Crippen molar-refractivity contribution < 1.29 is 0 Å². The van der Waals surface area contributed by atoms with E-state index in [0.29, 0.717) is 0 Å². The number of aromatic amines is 1. The normalized spacial score (nSPS) is 11.6. The second-order valence-corrected chi connectivity index (χ2v) is 13.8.